The minimum absolute atomic E-state index is 0. The van der Waals surface area contributed by atoms with Crippen LogP contribution < -0.4 is 9.30 Å². The number of hydrogen-bond donors (Lipinski definition) is 0. The van der Waals surface area contributed by atoms with E-state index < -0.39 is 60.4 Å². The normalized spacial score (nSPS) is 27.1. The van der Waals surface area contributed by atoms with Gasteiger partial charge >= 0.3 is 0 Å². The molecule has 0 spiro atoms. The molecule has 3 heterocycles. The van der Waals surface area contributed by atoms with Gasteiger partial charge in [-0.1, -0.05) is 127 Å². The van der Waals surface area contributed by atoms with E-state index in [9.17, 15) is 0 Å². The number of rotatable bonds is 8. The molecule has 0 amide bonds. The van der Waals surface area contributed by atoms with Crippen molar-refractivity contribution < 1.29 is 44.1 Å². The average molecular weight is 1070 g/mol. The van der Waals surface area contributed by atoms with Gasteiger partial charge in [0.1, 0.15) is 5.82 Å². The molecule has 8 bridgehead atoms. The van der Waals surface area contributed by atoms with Crippen LogP contribution >= 0.6 is 0 Å². The third-order valence-electron chi connectivity index (χ3n) is 16.7. The van der Waals surface area contributed by atoms with Gasteiger partial charge in [0.2, 0.25) is 0 Å². The molecule has 7 aliphatic carbocycles. The fourth-order valence-corrected chi connectivity index (χ4v) is 14.6. The first-order chi connectivity index (χ1) is 37.3. The van der Waals surface area contributed by atoms with Crippen molar-refractivity contribution in [2.45, 2.75) is 43.9 Å². The number of benzene rings is 7. The maximum Gasteiger partial charge on any atom is 0.268 e. The first kappa shape index (κ1) is 31.5. The predicted molar refractivity (Wildman–Crippen MR) is 265 cm³/mol. The van der Waals surface area contributed by atoms with Crippen LogP contribution in [-0.4, -0.2) is 14.1 Å². The van der Waals surface area contributed by atoms with Crippen molar-refractivity contribution in [1.29, 1.82) is 0 Å². The third-order valence-corrected chi connectivity index (χ3v) is 16.7. The molecular weight excluding hydrogens is 1010 g/mol. The predicted octanol–water partition coefficient (Wildman–Crippen LogP) is 13.9. The molecule has 4 unspecified atom stereocenters. The molecule has 6 heteroatoms. The van der Waals surface area contributed by atoms with Crippen LogP contribution in [0.15, 0.2) is 176 Å². The molecule has 0 saturated heterocycles. The number of fused-ring (bicyclic) bond motifs is 4. The molecule has 7 fully saturated rings. The topological polar surface area (TPSA) is 35.9 Å². The second-order valence-electron chi connectivity index (χ2n) is 19.7. The van der Waals surface area contributed by atoms with Crippen molar-refractivity contribution in [3.8, 4) is 50.9 Å². The molecule has 17 rings (SSSR count). The molecule has 0 radical (unpaired) electrons. The van der Waals surface area contributed by atoms with Crippen molar-refractivity contribution in [2.75, 3.05) is 0 Å². The van der Waals surface area contributed by atoms with Gasteiger partial charge < -0.3 is 13.9 Å². The van der Waals surface area contributed by atoms with Crippen LogP contribution in [0.4, 0.5) is 0 Å². The monoisotopic (exact) mass is 1070 g/mol. The Morgan fingerprint density at radius 3 is 2.07 bits per heavy atom. The zero-order valence-corrected chi connectivity index (χ0v) is 39.0. The zero-order valence-electron chi connectivity index (χ0n) is 46.8. The Morgan fingerprint density at radius 2 is 1.31 bits per heavy atom. The van der Waals surface area contributed by atoms with Gasteiger partial charge in [-0.3, -0.25) is 4.57 Å². The number of hydrogen-bond acceptors (Lipinski definition) is 2. The van der Waals surface area contributed by atoms with Gasteiger partial charge in [0.05, 0.1) is 30.4 Å². The maximum absolute atomic E-state index is 9.06. The van der Waals surface area contributed by atoms with Crippen molar-refractivity contribution in [3.63, 3.8) is 0 Å². The summed E-state index contributed by atoms with van der Waals surface area (Å²) < 4.78 is 99.7. The Kier molecular flexibility index (Phi) is 7.17. The first-order valence-electron chi connectivity index (χ1n) is 28.7. The van der Waals surface area contributed by atoms with Gasteiger partial charge in [-0.15, -0.1) is 29.7 Å². The maximum atomic E-state index is 9.06. The Labute approximate surface area is 425 Å². The largest absolute Gasteiger partial charge is 0.510 e. The van der Waals surface area contributed by atoms with E-state index in [2.05, 4.69) is 65.5 Å². The fraction of sp³-hybridized carbons (Fsp3) is 0.226. The first-order valence-corrected chi connectivity index (χ1v) is 23.7. The number of ether oxygens (including phenoxy) is 1. The smallest absolute Gasteiger partial charge is 0.268 e. The van der Waals surface area contributed by atoms with Crippen molar-refractivity contribution in [2.24, 2.45) is 41.4 Å². The van der Waals surface area contributed by atoms with Crippen molar-refractivity contribution >= 4 is 32.8 Å². The summed E-state index contributed by atoms with van der Waals surface area (Å²) in [5, 5.41) is 2.14. The van der Waals surface area contributed by atoms with Crippen LogP contribution in [0.1, 0.15) is 57.8 Å². The second-order valence-corrected chi connectivity index (χ2v) is 19.7. The summed E-state index contributed by atoms with van der Waals surface area (Å²) in [7, 11) is 0. The van der Waals surface area contributed by atoms with Crippen LogP contribution in [0.2, 0.25) is 0 Å². The van der Waals surface area contributed by atoms with E-state index in [4.69, 9.17) is 23.4 Å². The van der Waals surface area contributed by atoms with Crippen LogP contribution in [0, 0.1) is 59.9 Å². The Morgan fingerprint density at radius 1 is 0.632 bits per heavy atom. The Bertz CT molecular complexity index is 4040. The minimum Gasteiger partial charge on any atom is -0.510 e. The number of aromatic nitrogens is 4. The van der Waals surface area contributed by atoms with Crippen LogP contribution in [-0.2, 0) is 26.5 Å². The van der Waals surface area contributed by atoms with Gasteiger partial charge in [-0.2, -0.15) is 18.2 Å². The molecule has 0 N–H and O–H groups in total. The summed E-state index contributed by atoms with van der Waals surface area (Å²) in [4.78, 5) is 5.12. The number of nitrogens with zero attached hydrogens (tertiary/aromatic N) is 4. The molecule has 68 heavy (non-hydrogen) atoms. The zero-order chi connectivity index (χ0) is 52.5. The number of pyridine rings is 1. The molecular formula is C62H48N4OPt-2. The fourth-order valence-electron chi connectivity index (χ4n) is 14.6. The Balaban J connectivity index is 0.00000552. The van der Waals surface area contributed by atoms with E-state index >= 15 is 0 Å². The summed E-state index contributed by atoms with van der Waals surface area (Å²) >= 11 is 0. The molecule has 3 aromatic heterocycles. The molecule has 7 saturated carbocycles. The molecule has 10 aromatic rings. The van der Waals surface area contributed by atoms with Crippen LogP contribution in [0.3, 0.4) is 0 Å². The summed E-state index contributed by atoms with van der Waals surface area (Å²) in [5.41, 5.74) is 5.54. The van der Waals surface area contributed by atoms with Gasteiger partial charge in [0, 0.05) is 49.7 Å². The van der Waals surface area contributed by atoms with E-state index in [1.54, 1.807) is 27.3 Å². The summed E-state index contributed by atoms with van der Waals surface area (Å²) in [6.45, 7) is 0. The molecule has 334 valence electrons. The van der Waals surface area contributed by atoms with Crippen LogP contribution in [0.25, 0.3) is 72.3 Å². The van der Waals surface area contributed by atoms with E-state index in [0.29, 0.717) is 28.2 Å². The van der Waals surface area contributed by atoms with Gasteiger partial charge in [0.25, 0.3) is 6.33 Å². The van der Waals surface area contributed by atoms with Crippen LogP contribution in [0.5, 0.6) is 11.5 Å². The summed E-state index contributed by atoms with van der Waals surface area (Å²) in [6, 6.07) is 36.9. The standard InChI is InChI=1S/C62H48N4O.Pt/c1-3-13-41(14-4-1)47-20-12-21-48(42-15-5-2-6-16-42)61(47)65-38-64(57-23-9-10-24-58(57)65)44-17-11-18-45(35-44)67-46-25-26-50-49-19-7-8-22-56(49)66(59(50)36-46)60-34-43(27-28-63-60)62-37-40-30-52-51-29-39(32-54(52)62)33-55(62)53(51)31-40;/h1-28,34,39-40,51-55H,29-33,37H2;/q-2;/i1D,2D,3D,4D,5D,6D,13D,14D,15D,16D;. The molecule has 0 aliphatic heterocycles. The second kappa shape index (κ2) is 15.5. The Hall–Kier alpha value is -6.55. The third kappa shape index (κ3) is 5.91. The number of para-hydroxylation sites is 4. The summed E-state index contributed by atoms with van der Waals surface area (Å²) in [6.07, 6.45) is 13.9. The van der Waals surface area contributed by atoms with Crippen molar-refractivity contribution in [1.82, 2.24) is 14.1 Å². The molecule has 7 aromatic carbocycles. The minimum atomic E-state index is -0.563. The van der Waals surface area contributed by atoms with Gasteiger partial charge in [-0.25, -0.2) is 4.98 Å². The summed E-state index contributed by atoms with van der Waals surface area (Å²) in [5.74, 6) is 7.67. The van der Waals surface area contributed by atoms with E-state index in [-0.39, 0.29) is 54.4 Å². The quantitative estimate of drug-likeness (QED) is 0.112. The molecule has 7 aliphatic rings. The van der Waals surface area contributed by atoms with Gasteiger partial charge in [0.15, 0.2) is 0 Å². The average Bonchev–Trinajstić information content (AvgIpc) is 2.47. The van der Waals surface area contributed by atoms with E-state index in [1.807, 2.05) is 54.7 Å². The number of imidazole rings is 1. The van der Waals surface area contributed by atoms with Crippen molar-refractivity contribution in [3.05, 3.63) is 200 Å². The molecule has 4 atom stereocenters. The van der Waals surface area contributed by atoms with Gasteiger partial charge in [-0.05, 0) is 137 Å². The molecule has 5 nitrogen and oxygen atoms in total. The van der Waals surface area contributed by atoms with E-state index in [0.717, 1.165) is 69.0 Å². The van der Waals surface area contributed by atoms with E-state index in [1.165, 1.54) is 44.1 Å². The SMILES string of the molecule is [2H]c1c([2H])c([2H])c(-c2cccc(-c3c([2H])c([2H])c([2H])c([2H])c3[2H])c2-[n+]2[c-]n(-c3[c-]c(Oc4[c-]c5c(cc4)c4ccccc4n5-c4cc(C56CC7CC8C9CC(CC85)CC6C9C7)ccn4)ccc3)c3ccccc32)c([2H])c1[2H].[Pt].